The van der Waals surface area contributed by atoms with Crippen LogP contribution in [0.4, 0.5) is 0 Å². The van der Waals surface area contributed by atoms with Gasteiger partial charge in [-0.25, -0.2) is 4.98 Å². The lowest BCUT2D eigenvalue weighted by molar-refractivity contribution is 0.0949. The van der Waals surface area contributed by atoms with E-state index in [0.717, 1.165) is 27.1 Å². The Balaban J connectivity index is 1.48. The van der Waals surface area contributed by atoms with Crippen LogP contribution in [0, 0.1) is 0 Å². The van der Waals surface area contributed by atoms with Gasteiger partial charge in [-0.3, -0.25) is 4.79 Å². The maximum atomic E-state index is 12.6. The minimum atomic E-state index is -0.141. The molecule has 0 aliphatic rings. The van der Waals surface area contributed by atoms with Gasteiger partial charge in [0.2, 0.25) is 0 Å². The number of amides is 1. The Morgan fingerprint density at radius 1 is 0.969 bits per heavy atom. The molecule has 0 fully saturated rings. The second-order valence-electron chi connectivity index (χ2n) is 7.09. The van der Waals surface area contributed by atoms with E-state index in [1.807, 2.05) is 67.6 Å². The summed E-state index contributed by atoms with van der Waals surface area (Å²) in [4.78, 5) is 17.3. The standard InChI is InChI=1S/C25H24BrN3O3/c1-2-31-22-9-5-6-10-23(22)32-16-15-29-21-8-4-3-7-20(21)28-24(29)17-27-25(30)18-11-13-19(26)14-12-18/h3-14H,2,15-17H2,1H3,(H,27,30). The normalized spacial score (nSPS) is 10.8. The van der Waals surface area contributed by atoms with Gasteiger partial charge in [-0.15, -0.1) is 0 Å². The van der Waals surface area contributed by atoms with E-state index < -0.39 is 0 Å². The van der Waals surface area contributed by atoms with Crippen LogP contribution in [0.3, 0.4) is 0 Å². The lowest BCUT2D eigenvalue weighted by Crippen LogP contribution is -2.25. The molecule has 0 saturated carbocycles. The Labute approximate surface area is 195 Å². The number of nitrogens with one attached hydrogen (secondary N) is 1. The third-order valence-electron chi connectivity index (χ3n) is 4.97. The number of aromatic nitrogens is 2. The van der Waals surface area contributed by atoms with Gasteiger partial charge in [0.1, 0.15) is 12.4 Å². The number of imidazole rings is 1. The van der Waals surface area contributed by atoms with Crippen LogP contribution in [-0.4, -0.2) is 28.7 Å². The Bertz CT molecular complexity index is 1200. The molecule has 4 rings (SSSR count). The van der Waals surface area contributed by atoms with Gasteiger partial charge in [-0.1, -0.05) is 40.2 Å². The summed E-state index contributed by atoms with van der Waals surface area (Å²) in [7, 11) is 0. The first-order valence-corrected chi connectivity index (χ1v) is 11.3. The number of halogens is 1. The molecule has 164 valence electrons. The second kappa shape index (κ2) is 10.3. The molecule has 6 nitrogen and oxygen atoms in total. The molecule has 4 aromatic rings. The van der Waals surface area contributed by atoms with E-state index in [2.05, 4.69) is 25.8 Å². The molecule has 0 unspecified atom stereocenters. The van der Waals surface area contributed by atoms with E-state index in [4.69, 9.17) is 14.5 Å². The van der Waals surface area contributed by atoms with Crippen LogP contribution in [-0.2, 0) is 13.1 Å². The maximum absolute atomic E-state index is 12.6. The number of rotatable bonds is 9. The summed E-state index contributed by atoms with van der Waals surface area (Å²) in [5.74, 6) is 2.08. The van der Waals surface area contributed by atoms with Crippen molar-refractivity contribution in [3.63, 3.8) is 0 Å². The number of nitrogens with zero attached hydrogens (tertiary/aromatic N) is 2. The number of carbonyl (C=O) groups is 1. The highest BCUT2D eigenvalue weighted by molar-refractivity contribution is 9.10. The van der Waals surface area contributed by atoms with Gasteiger partial charge >= 0.3 is 0 Å². The first-order chi connectivity index (χ1) is 15.7. The SMILES string of the molecule is CCOc1ccccc1OCCn1c(CNC(=O)c2ccc(Br)cc2)nc2ccccc21. The third-order valence-corrected chi connectivity index (χ3v) is 5.50. The fourth-order valence-electron chi connectivity index (χ4n) is 3.46. The Hall–Kier alpha value is -3.32. The molecule has 7 heteroatoms. The highest BCUT2D eigenvalue weighted by Gasteiger charge is 2.13. The molecule has 3 aromatic carbocycles. The lowest BCUT2D eigenvalue weighted by Gasteiger charge is -2.14. The Morgan fingerprint density at radius 2 is 1.66 bits per heavy atom. The molecular weight excluding hydrogens is 470 g/mol. The van der Waals surface area contributed by atoms with Crippen molar-refractivity contribution in [3.8, 4) is 11.5 Å². The van der Waals surface area contributed by atoms with Crippen molar-refractivity contribution in [1.29, 1.82) is 0 Å². The highest BCUT2D eigenvalue weighted by atomic mass is 79.9. The molecule has 1 N–H and O–H groups in total. The van der Waals surface area contributed by atoms with Crippen molar-refractivity contribution in [3.05, 3.63) is 88.7 Å². The number of para-hydroxylation sites is 4. The van der Waals surface area contributed by atoms with E-state index in [0.29, 0.717) is 37.6 Å². The van der Waals surface area contributed by atoms with Crippen molar-refractivity contribution in [2.24, 2.45) is 0 Å². The first-order valence-electron chi connectivity index (χ1n) is 10.5. The van der Waals surface area contributed by atoms with E-state index in [-0.39, 0.29) is 5.91 Å². The summed E-state index contributed by atoms with van der Waals surface area (Å²) in [6, 6.07) is 22.8. The van der Waals surface area contributed by atoms with Crippen molar-refractivity contribution in [2.45, 2.75) is 20.0 Å². The minimum Gasteiger partial charge on any atom is -0.490 e. The summed E-state index contributed by atoms with van der Waals surface area (Å²) < 4.78 is 14.7. The van der Waals surface area contributed by atoms with Crippen LogP contribution in [0.2, 0.25) is 0 Å². The molecule has 1 heterocycles. The molecule has 0 saturated heterocycles. The molecular formula is C25H24BrN3O3. The molecule has 0 aliphatic carbocycles. The zero-order valence-corrected chi connectivity index (χ0v) is 19.3. The number of hydrogen-bond acceptors (Lipinski definition) is 4. The number of hydrogen-bond donors (Lipinski definition) is 1. The van der Waals surface area contributed by atoms with Gasteiger partial charge in [0.25, 0.3) is 5.91 Å². The Kier molecular flexibility index (Phi) is 7.07. The van der Waals surface area contributed by atoms with E-state index in [1.165, 1.54) is 0 Å². The van der Waals surface area contributed by atoms with Crippen LogP contribution in [0.25, 0.3) is 11.0 Å². The van der Waals surface area contributed by atoms with Crippen LogP contribution < -0.4 is 14.8 Å². The predicted octanol–water partition coefficient (Wildman–Crippen LogP) is 5.21. The average molecular weight is 494 g/mol. The van der Waals surface area contributed by atoms with Gasteiger partial charge in [0.05, 0.1) is 30.7 Å². The summed E-state index contributed by atoms with van der Waals surface area (Å²) >= 11 is 3.39. The molecule has 0 aliphatic heterocycles. The summed E-state index contributed by atoms with van der Waals surface area (Å²) in [6.07, 6.45) is 0. The Morgan fingerprint density at radius 3 is 2.41 bits per heavy atom. The molecule has 1 amide bonds. The molecule has 1 aromatic heterocycles. The molecule has 0 bridgehead atoms. The topological polar surface area (TPSA) is 65.4 Å². The van der Waals surface area contributed by atoms with Crippen LogP contribution in [0.15, 0.2) is 77.3 Å². The van der Waals surface area contributed by atoms with Gasteiger partial charge < -0.3 is 19.4 Å². The molecule has 0 atom stereocenters. The molecule has 0 radical (unpaired) electrons. The second-order valence-corrected chi connectivity index (χ2v) is 8.00. The van der Waals surface area contributed by atoms with E-state index in [9.17, 15) is 4.79 Å². The van der Waals surface area contributed by atoms with E-state index >= 15 is 0 Å². The highest BCUT2D eigenvalue weighted by Crippen LogP contribution is 2.26. The zero-order chi connectivity index (χ0) is 22.3. The van der Waals surface area contributed by atoms with Crippen molar-refractivity contribution >= 4 is 32.9 Å². The number of benzene rings is 3. The largest absolute Gasteiger partial charge is 0.490 e. The van der Waals surface area contributed by atoms with Gasteiger partial charge in [-0.05, 0) is 55.5 Å². The molecule has 32 heavy (non-hydrogen) atoms. The summed E-state index contributed by atoms with van der Waals surface area (Å²) in [6.45, 7) is 3.87. The predicted molar refractivity (Wildman–Crippen MR) is 128 cm³/mol. The summed E-state index contributed by atoms with van der Waals surface area (Å²) in [5.41, 5.74) is 2.49. The van der Waals surface area contributed by atoms with Gasteiger partial charge in [0, 0.05) is 10.0 Å². The quantitative estimate of drug-likeness (QED) is 0.347. The fourth-order valence-corrected chi connectivity index (χ4v) is 3.73. The summed E-state index contributed by atoms with van der Waals surface area (Å²) in [5, 5.41) is 2.97. The van der Waals surface area contributed by atoms with Crippen molar-refractivity contribution < 1.29 is 14.3 Å². The zero-order valence-electron chi connectivity index (χ0n) is 17.8. The van der Waals surface area contributed by atoms with Crippen LogP contribution in [0.5, 0.6) is 11.5 Å². The van der Waals surface area contributed by atoms with Crippen molar-refractivity contribution in [2.75, 3.05) is 13.2 Å². The van der Waals surface area contributed by atoms with Gasteiger partial charge in [-0.2, -0.15) is 0 Å². The number of carbonyl (C=O) groups excluding carboxylic acids is 1. The number of ether oxygens (including phenoxy) is 2. The first kappa shape index (κ1) is 21.9. The van der Waals surface area contributed by atoms with E-state index in [1.54, 1.807) is 12.1 Å². The molecule has 0 spiro atoms. The number of fused-ring (bicyclic) bond motifs is 1. The maximum Gasteiger partial charge on any atom is 0.251 e. The van der Waals surface area contributed by atoms with Crippen molar-refractivity contribution in [1.82, 2.24) is 14.9 Å². The lowest BCUT2D eigenvalue weighted by atomic mass is 10.2. The third kappa shape index (κ3) is 5.11. The van der Waals surface area contributed by atoms with Crippen LogP contribution >= 0.6 is 15.9 Å². The van der Waals surface area contributed by atoms with Crippen LogP contribution in [0.1, 0.15) is 23.1 Å². The smallest absolute Gasteiger partial charge is 0.251 e. The minimum absolute atomic E-state index is 0.141. The van der Waals surface area contributed by atoms with Gasteiger partial charge in [0.15, 0.2) is 11.5 Å². The monoisotopic (exact) mass is 493 g/mol. The fraction of sp³-hybridized carbons (Fsp3) is 0.200. The average Bonchev–Trinajstić information content (AvgIpc) is 3.17.